The fourth-order valence-corrected chi connectivity index (χ4v) is 3.38. The molecule has 0 saturated carbocycles. The van der Waals surface area contributed by atoms with Gasteiger partial charge in [-0.3, -0.25) is 4.79 Å². The SMILES string of the molecule is CN1CCC(N[C@@H]2CO[C@H](CNC(=O)c3ccc(F)cc3)[C@H]2O)CC1. The highest BCUT2D eigenvalue weighted by atomic mass is 19.1. The van der Waals surface area contributed by atoms with E-state index in [1.54, 1.807) is 0 Å². The summed E-state index contributed by atoms with van der Waals surface area (Å²) in [4.78, 5) is 14.4. The van der Waals surface area contributed by atoms with Gasteiger partial charge < -0.3 is 25.4 Å². The van der Waals surface area contributed by atoms with Crippen LogP contribution in [0.5, 0.6) is 0 Å². The maximum Gasteiger partial charge on any atom is 0.251 e. The molecule has 0 aromatic heterocycles. The molecular formula is C18H26FN3O3. The van der Waals surface area contributed by atoms with Crippen LogP contribution in [0, 0.1) is 5.82 Å². The molecule has 0 radical (unpaired) electrons. The van der Waals surface area contributed by atoms with E-state index in [0.717, 1.165) is 25.9 Å². The van der Waals surface area contributed by atoms with Crippen LogP contribution in [-0.4, -0.2) is 73.5 Å². The highest BCUT2D eigenvalue weighted by molar-refractivity contribution is 5.94. The number of rotatable bonds is 5. The molecular weight excluding hydrogens is 325 g/mol. The normalized spacial score (nSPS) is 28.2. The van der Waals surface area contributed by atoms with Crippen molar-refractivity contribution < 1.29 is 19.0 Å². The largest absolute Gasteiger partial charge is 0.389 e. The minimum Gasteiger partial charge on any atom is -0.389 e. The minimum absolute atomic E-state index is 0.110. The van der Waals surface area contributed by atoms with Crippen molar-refractivity contribution in [2.75, 3.05) is 33.3 Å². The number of likely N-dealkylation sites (tertiary alicyclic amines) is 1. The lowest BCUT2D eigenvalue weighted by Gasteiger charge is -2.32. The van der Waals surface area contributed by atoms with Gasteiger partial charge in [0.05, 0.1) is 18.8 Å². The summed E-state index contributed by atoms with van der Waals surface area (Å²) in [5.74, 6) is -0.684. The Bertz CT molecular complexity index is 575. The van der Waals surface area contributed by atoms with Crippen LogP contribution < -0.4 is 10.6 Å². The standard InChI is InChI=1S/C18H26FN3O3/c1-22-8-6-14(7-9-22)21-15-11-25-16(17(15)23)10-20-18(24)12-2-4-13(19)5-3-12/h2-5,14-17,21,23H,6-11H2,1H3,(H,20,24)/t15-,16-,17+/m1/s1. The fourth-order valence-electron chi connectivity index (χ4n) is 3.38. The first-order valence-corrected chi connectivity index (χ1v) is 8.81. The van der Waals surface area contributed by atoms with Crippen LogP contribution >= 0.6 is 0 Å². The van der Waals surface area contributed by atoms with E-state index in [4.69, 9.17) is 4.74 Å². The molecule has 2 saturated heterocycles. The van der Waals surface area contributed by atoms with Crippen molar-refractivity contribution in [1.29, 1.82) is 0 Å². The van der Waals surface area contributed by atoms with Gasteiger partial charge in [0.25, 0.3) is 5.91 Å². The number of hydrogen-bond acceptors (Lipinski definition) is 5. The highest BCUT2D eigenvalue weighted by Gasteiger charge is 2.37. The van der Waals surface area contributed by atoms with Gasteiger partial charge in [0.15, 0.2) is 0 Å². The molecule has 6 nitrogen and oxygen atoms in total. The number of carbonyl (C=O) groups is 1. The van der Waals surface area contributed by atoms with Gasteiger partial charge in [-0.2, -0.15) is 0 Å². The maximum atomic E-state index is 12.9. The van der Waals surface area contributed by atoms with E-state index in [0.29, 0.717) is 18.2 Å². The molecule has 7 heteroatoms. The van der Waals surface area contributed by atoms with Crippen LogP contribution in [-0.2, 0) is 4.74 Å². The van der Waals surface area contributed by atoms with Crippen LogP contribution in [0.3, 0.4) is 0 Å². The smallest absolute Gasteiger partial charge is 0.251 e. The molecule has 2 heterocycles. The lowest BCUT2D eigenvalue weighted by molar-refractivity contribution is 0.0393. The van der Waals surface area contributed by atoms with Gasteiger partial charge in [0.1, 0.15) is 11.9 Å². The Kier molecular flexibility index (Phi) is 6.01. The number of halogens is 1. The molecule has 0 spiro atoms. The van der Waals surface area contributed by atoms with E-state index in [1.165, 1.54) is 24.3 Å². The Morgan fingerprint density at radius 1 is 1.32 bits per heavy atom. The number of benzene rings is 1. The van der Waals surface area contributed by atoms with Crippen molar-refractivity contribution in [2.24, 2.45) is 0 Å². The van der Waals surface area contributed by atoms with E-state index in [-0.39, 0.29) is 24.3 Å². The molecule has 3 rings (SSSR count). The van der Waals surface area contributed by atoms with Gasteiger partial charge in [-0.1, -0.05) is 0 Å². The number of nitrogens with zero attached hydrogens (tertiary/aromatic N) is 1. The van der Waals surface area contributed by atoms with Crippen molar-refractivity contribution in [3.63, 3.8) is 0 Å². The van der Waals surface area contributed by atoms with Gasteiger partial charge in [-0.25, -0.2) is 4.39 Å². The number of carbonyl (C=O) groups excluding carboxylic acids is 1. The number of ether oxygens (including phenoxy) is 1. The number of piperidine rings is 1. The van der Waals surface area contributed by atoms with Gasteiger partial charge >= 0.3 is 0 Å². The van der Waals surface area contributed by atoms with Crippen LogP contribution in [0.1, 0.15) is 23.2 Å². The zero-order valence-corrected chi connectivity index (χ0v) is 14.5. The third kappa shape index (κ3) is 4.76. The van der Waals surface area contributed by atoms with E-state index in [2.05, 4.69) is 22.6 Å². The van der Waals surface area contributed by atoms with Crippen LogP contribution in [0.25, 0.3) is 0 Å². The third-order valence-electron chi connectivity index (χ3n) is 5.02. The molecule has 1 aromatic carbocycles. The topological polar surface area (TPSA) is 73.8 Å². The van der Waals surface area contributed by atoms with Crippen molar-refractivity contribution in [2.45, 2.75) is 37.1 Å². The Morgan fingerprint density at radius 2 is 2.00 bits per heavy atom. The number of nitrogens with one attached hydrogen (secondary N) is 2. The number of aliphatic hydroxyl groups is 1. The van der Waals surface area contributed by atoms with Crippen LogP contribution in [0.15, 0.2) is 24.3 Å². The van der Waals surface area contributed by atoms with E-state index in [1.807, 2.05) is 0 Å². The van der Waals surface area contributed by atoms with E-state index in [9.17, 15) is 14.3 Å². The number of hydrogen-bond donors (Lipinski definition) is 3. The van der Waals surface area contributed by atoms with Crippen molar-refractivity contribution >= 4 is 5.91 Å². The van der Waals surface area contributed by atoms with Crippen LogP contribution in [0.2, 0.25) is 0 Å². The second kappa shape index (κ2) is 8.23. The molecule has 3 N–H and O–H groups in total. The molecule has 0 bridgehead atoms. The quantitative estimate of drug-likeness (QED) is 0.715. The first-order chi connectivity index (χ1) is 12.0. The predicted octanol–water partition coefficient (Wildman–Crippen LogP) is 0.368. The average Bonchev–Trinajstić information content (AvgIpc) is 2.95. The first-order valence-electron chi connectivity index (χ1n) is 8.81. The Labute approximate surface area is 147 Å². The molecule has 3 atom stereocenters. The summed E-state index contributed by atoms with van der Waals surface area (Å²) in [6.45, 7) is 2.77. The van der Waals surface area contributed by atoms with Crippen molar-refractivity contribution in [1.82, 2.24) is 15.5 Å². The summed E-state index contributed by atoms with van der Waals surface area (Å²) >= 11 is 0. The Morgan fingerprint density at radius 3 is 2.68 bits per heavy atom. The minimum atomic E-state index is -0.659. The average molecular weight is 351 g/mol. The second-order valence-electron chi connectivity index (χ2n) is 6.93. The molecule has 1 amide bonds. The summed E-state index contributed by atoms with van der Waals surface area (Å²) < 4.78 is 18.5. The third-order valence-corrected chi connectivity index (χ3v) is 5.02. The summed E-state index contributed by atoms with van der Waals surface area (Å²) in [7, 11) is 2.11. The zero-order chi connectivity index (χ0) is 17.8. The molecule has 138 valence electrons. The Balaban J connectivity index is 1.44. The summed E-state index contributed by atoms with van der Waals surface area (Å²) in [5, 5.41) is 16.7. The zero-order valence-electron chi connectivity index (χ0n) is 14.5. The van der Waals surface area contributed by atoms with E-state index < -0.39 is 12.2 Å². The molecule has 25 heavy (non-hydrogen) atoms. The van der Waals surface area contributed by atoms with E-state index >= 15 is 0 Å². The van der Waals surface area contributed by atoms with Gasteiger partial charge in [0.2, 0.25) is 0 Å². The predicted molar refractivity (Wildman–Crippen MR) is 91.9 cm³/mol. The van der Waals surface area contributed by atoms with Crippen molar-refractivity contribution in [3.05, 3.63) is 35.6 Å². The summed E-state index contributed by atoms with van der Waals surface area (Å²) in [6, 6.07) is 5.64. The lowest BCUT2D eigenvalue weighted by atomic mass is 10.0. The summed E-state index contributed by atoms with van der Waals surface area (Å²) in [5.41, 5.74) is 0.384. The molecule has 1 aromatic rings. The Hall–Kier alpha value is -1.54. The number of aliphatic hydroxyl groups excluding tert-OH is 1. The molecule has 2 fully saturated rings. The van der Waals surface area contributed by atoms with Crippen molar-refractivity contribution in [3.8, 4) is 0 Å². The first kappa shape index (κ1) is 18.3. The highest BCUT2D eigenvalue weighted by Crippen LogP contribution is 2.17. The fraction of sp³-hybridized carbons (Fsp3) is 0.611. The maximum absolute atomic E-state index is 12.9. The molecule has 2 aliphatic heterocycles. The van der Waals surface area contributed by atoms with Crippen LogP contribution in [0.4, 0.5) is 4.39 Å². The summed E-state index contributed by atoms with van der Waals surface area (Å²) in [6.07, 6.45) is 1.03. The molecule has 2 aliphatic rings. The lowest BCUT2D eigenvalue weighted by Crippen LogP contribution is -2.51. The monoisotopic (exact) mass is 351 g/mol. The molecule has 0 aliphatic carbocycles. The molecule has 0 unspecified atom stereocenters. The second-order valence-corrected chi connectivity index (χ2v) is 6.93. The number of amides is 1. The van der Waals surface area contributed by atoms with Gasteiger partial charge in [0, 0.05) is 18.2 Å². The van der Waals surface area contributed by atoms with Gasteiger partial charge in [-0.15, -0.1) is 0 Å². The van der Waals surface area contributed by atoms with Gasteiger partial charge in [-0.05, 0) is 57.2 Å².